The third kappa shape index (κ3) is 9.08. The molecule has 7 rings (SSSR count). The first-order valence-electron chi connectivity index (χ1n) is 19.1. The van der Waals surface area contributed by atoms with Crippen molar-refractivity contribution in [2.45, 2.75) is 56.5 Å². The van der Waals surface area contributed by atoms with E-state index in [1.54, 1.807) is 49.6 Å². The maximum absolute atomic E-state index is 15.4. The van der Waals surface area contributed by atoms with Crippen molar-refractivity contribution in [3.05, 3.63) is 125 Å². The van der Waals surface area contributed by atoms with Crippen LogP contribution in [0.3, 0.4) is 0 Å². The average Bonchev–Trinajstić information content (AvgIpc) is 3.71. The first kappa shape index (κ1) is 43.2. The minimum absolute atomic E-state index is 0.0190. The Morgan fingerprint density at radius 1 is 1.03 bits per heavy atom. The summed E-state index contributed by atoms with van der Waals surface area (Å²) in [5.41, 5.74) is 0.166. The summed E-state index contributed by atoms with van der Waals surface area (Å²) in [5.74, 6) is -8.19. The van der Waals surface area contributed by atoms with Crippen molar-refractivity contribution in [1.29, 1.82) is 0 Å². The van der Waals surface area contributed by atoms with Gasteiger partial charge in [-0.2, -0.15) is 18.2 Å². The Labute approximate surface area is 346 Å². The number of carbonyl (C=O) groups excluding carboxylic acids is 2. The van der Waals surface area contributed by atoms with Crippen LogP contribution >= 0.6 is 0 Å². The molecule has 2 atom stereocenters. The number of morpholine rings is 1. The van der Waals surface area contributed by atoms with Crippen molar-refractivity contribution < 1.29 is 49.1 Å². The summed E-state index contributed by atoms with van der Waals surface area (Å²) in [6.45, 7) is 2.60. The molecule has 2 amide bonds. The van der Waals surface area contributed by atoms with Gasteiger partial charge in [0, 0.05) is 60.7 Å². The second-order valence-corrected chi connectivity index (χ2v) is 16.6. The van der Waals surface area contributed by atoms with Crippen LogP contribution in [0.1, 0.15) is 41.4 Å². The van der Waals surface area contributed by atoms with Crippen LogP contribution in [0.15, 0.2) is 95.1 Å². The second-order valence-electron chi connectivity index (χ2n) is 14.7. The lowest BCUT2D eigenvalue weighted by molar-refractivity contribution is -0.122. The third-order valence-corrected chi connectivity index (χ3v) is 12.5. The quantitative estimate of drug-likeness (QED) is 0.0589. The molecule has 1 aliphatic carbocycles. The van der Waals surface area contributed by atoms with Crippen molar-refractivity contribution >= 4 is 39.6 Å². The fourth-order valence-corrected chi connectivity index (χ4v) is 8.83. The van der Waals surface area contributed by atoms with Gasteiger partial charge in [0.15, 0.2) is 0 Å². The number of halogens is 6. The molecule has 3 aromatic carbocycles. The highest BCUT2D eigenvalue weighted by molar-refractivity contribution is 7.89. The van der Waals surface area contributed by atoms with Crippen LogP contribution in [0.2, 0.25) is 0 Å². The van der Waals surface area contributed by atoms with Crippen LogP contribution in [0, 0.1) is 24.5 Å². The highest BCUT2D eigenvalue weighted by Crippen LogP contribution is 2.48. The number of carbonyl (C=O) groups is 2. The van der Waals surface area contributed by atoms with Crippen LogP contribution in [-0.2, 0) is 49.7 Å². The normalized spacial score (nSPS) is 17.3. The fourth-order valence-electron chi connectivity index (χ4n) is 7.42. The number of alkyl halides is 4. The molecule has 1 saturated heterocycles. The van der Waals surface area contributed by atoms with Gasteiger partial charge in [-0.1, -0.05) is 25.1 Å². The fraction of sp³-hybridized carbons (Fsp3) is 0.310. The van der Waals surface area contributed by atoms with Gasteiger partial charge < -0.3 is 10.1 Å². The van der Waals surface area contributed by atoms with Gasteiger partial charge in [0.1, 0.15) is 35.4 Å². The van der Waals surface area contributed by atoms with E-state index >= 15 is 8.78 Å². The number of benzene rings is 3. The Kier molecular flexibility index (Phi) is 12.4. The van der Waals surface area contributed by atoms with Gasteiger partial charge in [-0.15, -0.1) is 0 Å². The van der Waals surface area contributed by atoms with Crippen molar-refractivity contribution in [1.82, 2.24) is 24.4 Å². The van der Waals surface area contributed by atoms with Crippen molar-refractivity contribution in [3.8, 4) is 11.1 Å². The Morgan fingerprint density at radius 2 is 1.74 bits per heavy atom. The number of amidine groups is 1. The van der Waals surface area contributed by atoms with E-state index in [1.165, 1.54) is 35.5 Å². The minimum atomic E-state index is -3.97. The molecule has 0 spiro atoms. The number of nitrogens with zero attached hydrogens (tertiary/aromatic N) is 6. The van der Waals surface area contributed by atoms with E-state index in [0.29, 0.717) is 33.8 Å². The predicted octanol–water partition coefficient (Wildman–Crippen LogP) is 6.89. The number of nitrogens with one attached hydrogen (secondary N) is 1. The van der Waals surface area contributed by atoms with Crippen LogP contribution in [0.4, 0.5) is 37.7 Å². The molecule has 19 heteroatoms. The minimum Gasteiger partial charge on any atom is -0.379 e. The van der Waals surface area contributed by atoms with Crippen molar-refractivity contribution in [2.24, 2.45) is 10.9 Å². The zero-order valence-corrected chi connectivity index (χ0v) is 33.6. The zero-order chi connectivity index (χ0) is 43.6. The number of rotatable bonds is 13. The molecule has 61 heavy (non-hydrogen) atoms. The molecule has 1 N–H and O–H groups in total. The molecule has 0 saturated carbocycles. The number of sulfonamides is 1. The van der Waals surface area contributed by atoms with E-state index < -0.39 is 82.6 Å². The highest BCUT2D eigenvalue weighted by Gasteiger charge is 2.51. The van der Waals surface area contributed by atoms with E-state index in [1.807, 2.05) is 0 Å². The lowest BCUT2D eigenvalue weighted by Gasteiger charge is -2.29. The molecule has 2 aromatic heterocycles. The van der Waals surface area contributed by atoms with E-state index in [0.717, 1.165) is 17.0 Å². The van der Waals surface area contributed by atoms with Crippen LogP contribution in [0.25, 0.3) is 11.1 Å². The number of aromatic nitrogens is 3. The molecule has 0 radical (unpaired) electrons. The second kappa shape index (κ2) is 17.6. The van der Waals surface area contributed by atoms with Gasteiger partial charge in [-0.05, 0) is 78.6 Å². The van der Waals surface area contributed by atoms with Gasteiger partial charge in [0.2, 0.25) is 22.3 Å². The van der Waals surface area contributed by atoms with Crippen molar-refractivity contribution in [3.63, 3.8) is 0 Å². The number of ether oxygens (including phenoxy) is 1. The summed E-state index contributed by atoms with van der Waals surface area (Å²) in [7, 11) is -3.97. The summed E-state index contributed by atoms with van der Waals surface area (Å²) < 4.78 is 122. The van der Waals surface area contributed by atoms with Crippen LogP contribution in [-0.4, -0.2) is 78.0 Å². The van der Waals surface area contributed by atoms with Crippen LogP contribution < -0.4 is 10.2 Å². The lowest BCUT2D eigenvalue weighted by atomic mass is 10.0. The van der Waals surface area contributed by atoms with Gasteiger partial charge in [0.25, 0.3) is 12.3 Å². The summed E-state index contributed by atoms with van der Waals surface area (Å²) in [6, 6.07) is 15.1. The summed E-state index contributed by atoms with van der Waals surface area (Å²) in [4.78, 5) is 37.2. The SMILES string of the molecule is Cc1ccc(-c2cccnc2)cc1N=C(C(Cc1cc(F)cc(F)c1)NC(=O)Cn1nc(C(F)F)c2c1C(F)(F)C(C)C2)N(C=O)c1ccc(S(=O)(=O)N2CCOCC2)cc1. The van der Waals surface area contributed by atoms with Gasteiger partial charge in [-0.3, -0.25) is 24.2 Å². The van der Waals surface area contributed by atoms with Crippen LogP contribution in [0.5, 0.6) is 0 Å². The molecule has 320 valence electrons. The average molecular weight is 868 g/mol. The van der Waals surface area contributed by atoms with E-state index in [-0.39, 0.29) is 59.5 Å². The smallest absolute Gasteiger partial charge is 0.292 e. The Morgan fingerprint density at radius 3 is 2.38 bits per heavy atom. The molecule has 1 aliphatic heterocycles. The standard InChI is InChI=1S/C42H39F6N7O5S/c1-25-5-6-28(29-4-3-11-49-22-29)20-35(25)51-41(54(24-56)32-7-9-33(10-8-32)61(58,59)53-12-14-60-15-13-53)36(19-27-17-30(43)21-31(44)18-27)50-37(57)23-55-39-34(38(52-55)40(45)46)16-26(2)42(39,47)48/h3-11,17-18,20-22,24,26,36,40H,12-16,19,23H2,1-2H3,(H,50,57). The van der Waals surface area contributed by atoms with E-state index in [9.17, 15) is 35.6 Å². The molecule has 0 bridgehead atoms. The molecule has 5 aromatic rings. The van der Waals surface area contributed by atoms with Crippen molar-refractivity contribution in [2.75, 3.05) is 31.2 Å². The number of aliphatic imine (C=N–C) groups is 1. The molecule has 12 nitrogen and oxygen atoms in total. The first-order chi connectivity index (χ1) is 29.1. The zero-order valence-electron chi connectivity index (χ0n) is 32.7. The topological polar surface area (TPSA) is 139 Å². The van der Waals surface area contributed by atoms with E-state index in [4.69, 9.17) is 9.73 Å². The Balaban J connectivity index is 1.35. The molecule has 3 heterocycles. The molecular weight excluding hydrogens is 829 g/mol. The number of hydrogen-bond donors (Lipinski definition) is 1. The van der Waals surface area contributed by atoms with Gasteiger partial charge in [-0.25, -0.2) is 31.0 Å². The number of aryl methyl sites for hydroxylation is 1. The number of hydrogen-bond acceptors (Lipinski definition) is 8. The monoisotopic (exact) mass is 867 g/mol. The molecular formula is C42H39F6N7O5S. The summed E-state index contributed by atoms with van der Waals surface area (Å²) in [5, 5.41) is 6.34. The number of amides is 2. The summed E-state index contributed by atoms with van der Waals surface area (Å²) >= 11 is 0. The van der Waals surface area contributed by atoms with Gasteiger partial charge >= 0.3 is 0 Å². The largest absolute Gasteiger partial charge is 0.379 e. The van der Waals surface area contributed by atoms with Gasteiger partial charge in [0.05, 0.1) is 29.8 Å². The lowest BCUT2D eigenvalue weighted by Crippen LogP contribution is -2.50. The number of fused-ring (bicyclic) bond motifs is 1. The number of anilines is 1. The Bertz CT molecular complexity index is 2550. The van der Waals surface area contributed by atoms with E-state index in [2.05, 4.69) is 15.4 Å². The molecule has 1 fully saturated rings. The number of pyridine rings is 1. The molecule has 2 aliphatic rings. The Hall–Kier alpha value is -5.92. The predicted molar refractivity (Wildman–Crippen MR) is 212 cm³/mol. The summed E-state index contributed by atoms with van der Waals surface area (Å²) in [6.07, 6.45) is -0.512. The first-order valence-corrected chi connectivity index (χ1v) is 20.5. The maximum atomic E-state index is 15.4. The maximum Gasteiger partial charge on any atom is 0.292 e. The molecule has 2 unspecified atom stereocenters. The third-order valence-electron chi connectivity index (χ3n) is 10.5. The highest BCUT2D eigenvalue weighted by atomic mass is 32.2.